The molecule has 1 spiro atoms. The van der Waals surface area contributed by atoms with Crippen LogP contribution in [0, 0.1) is 20.8 Å². The summed E-state index contributed by atoms with van der Waals surface area (Å²) < 4.78 is 11.3. The largest absolute Gasteiger partial charge is 0.457 e. The molecule has 2 aromatic heterocycles. The number of carbonyl (C=O) groups excluding carboxylic acids is 3. The number of hydrogen-bond acceptors (Lipinski definition) is 8. The van der Waals surface area contributed by atoms with Crippen LogP contribution >= 0.6 is 11.3 Å². The second kappa shape index (κ2) is 8.47. The second-order valence-corrected chi connectivity index (χ2v) is 10.6. The van der Waals surface area contributed by atoms with E-state index < -0.39 is 28.8 Å². The van der Waals surface area contributed by atoms with E-state index in [2.05, 4.69) is 11.6 Å². The number of likely N-dealkylation sites (N-methyl/N-ethyl adjacent to an activating group) is 1. The number of carbonyl (C=O) groups is 3. The SMILES string of the molecule is C=CCOC(=O)c1sc(N2C(=O)c3oc4cc(C)c(C)cc4c(=O)c3C23C(=O)N(C)c2ccccc23)nc1C. The van der Waals surface area contributed by atoms with Gasteiger partial charge in [0.05, 0.1) is 16.6 Å². The molecule has 0 N–H and O–H groups in total. The first kappa shape index (κ1) is 24.7. The molecule has 2 aliphatic heterocycles. The number of nitrogens with zero attached hydrogens (tertiary/aromatic N) is 3. The second-order valence-electron chi connectivity index (χ2n) is 9.60. The van der Waals surface area contributed by atoms with Gasteiger partial charge in [0.25, 0.3) is 11.8 Å². The number of ether oxygens (including phenoxy) is 1. The van der Waals surface area contributed by atoms with E-state index >= 15 is 0 Å². The maximum Gasteiger partial charge on any atom is 0.350 e. The molecule has 1 atom stereocenters. The number of para-hydroxylation sites is 1. The van der Waals surface area contributed by atoms with Gasteiger partial charge >= 0.3 is 5.97 Å². The van der Waals surface area contributed by atoms with Gasteiger partial charge in [-0.05, 0) is 50.1 Å². The van der Waals surface area contributed by atoms with Crippen molar-refractivity contribution in [3.05, 3.63) is 97.9 Å². The summed E-state index contributed by atoms with van der Waals surface area (Å²) >= 11 is 0.914. The van der Waals surface area contributed by atoms with Gasteiger partial charge in [0.15, 0.2) is 16.1 Å². The Labute approximate surface area is 226 Å². The van der Waals surface area contributed by atoms with Crippen LogP contribution in [0.15, 0.2) is 58.3 Å². The lowest BCUT2D eigenvalue weighted by molar-refractivity contribution is -0.121. The Hall–Kier alpha value is -4.57. The first-order valence-electron chi connectivity index (χ1n) is 12.2. The predicted octanol–water partition coefficient (Wildman–Crippen LogP) is 4.40. The van der Waals surface area contributed by atoms with Gasteiger partial charge in [-0.1, -0.05) is 42.2 Å². The minimum absolute atomic E-state index is 0.00400. The molecule has 2 aliphatic rings. The number of anilines is 2. The molecule has 39 heavy (non-hydrogen) atoms. The van der Waals surface area contributed by atoms with Crippen molar-refractivity contribution in [1.82, 2.24) is 4.98 Å². The molecule has 9 nitrogen and oxygen atoms in total. The van der Waals surface area contributed by atoms with Crippen molar-refractivity contribution in [2.45, 2.75) is 26.3 Å². The summed E-state index contributed by atoms with van der Waals surface area (Å²) in [4.78, 5) is 62.7. The standard InChI is InChI=1S/C29H23N3O6S/c1-6-11-37-26(35)24-16(4)30-28(39-24)32-25(34)23-21(22(33)17-12-14(2)15(3)13-20(17)38-23)29(32)18-9-7-8-10-19(18)31(5)27(29)36/h6-10,12-13H,1,11H2,2-5H3. The van der Waals surface area contributed by atoms with E-state index in [4.69, 9.17) is 9.15 Å². The third-order valence-corrected chi connectivity index (χ3v) is 8.49. The average molecular weight is 542 g/mol. The Morgan fingerprint density at radius 3 is 2.62 bits per heavy atom. The first-order valence-corrected chi connectivity index (χ1v) is 13.0. The Morgan fingerprint density at radius 1 is 1.15 bits per heavy atom. The highest BCUT2D eigenvalue weighted by atomic mass is 32.1. The summed E-state index contributed by atoms with van der Waals surface area (Å²) in [5, 5.41) is 0.346. The molecule has 4 aromatic rings. The summed E-state index contributed by atoms with van der Waals surface area (Å²) in [6, 6.07) is 10.4. The van der Waals surface area contributed by atoms with Crippen LogP contribution in [0.2, 0.25) is 0 Å². The Balaban J connectivity index is 1.69. The molecule has 2 amide bonds. The van der Waals surface area contributed by atoms with E-state index in [0.29, 0.717) is 16.9 Å². The molecule has 10 heteroatoms. The topological polar surface area (TPSA) is 110 Å². The molecule has 0 saturated carbocycles. The normalized spacial score (nSPS) is 17.7. The van der Waals surface area contributed by atoms with Crippen LogP contribution in [0.25, 0.3) is 11.0 Å². The number of aromatic nitrogens is 1. The molecule has 4 heterocycles. The van der Waals surface area contributed by atoms with Crippen molar-refractivity contribution in [3.63, 3.8) is 0 Å². The molecule has 2 aromatic carbocycles. The molecule has 0 fully saturated rings. The maximum atomic E-state index is 14.3. The number of thiazole rings is 1. The molecule has 0 saturated heterocycles. The van der Waals surface area contributed by atoms with E-state index in [1.165, 1.54) is 15.9 Å². The average Bonchev–Trinajstić information content (AvgIpc) is 3.49. The van der Waals surface area contributed by atoms with Gasteiger partial charge in [-0.15, -0.1) is 0 Å². The summed E-state index contributed by atoms with van der Waals surface area (Å²) in [7, 11) is 1.60. The maximum absolute atomic E-state index is 14.3. The van der Waals surface area contributed by atoms with Gasteiger partial charge in [-0.3, -0.25) is 19.3 Å². The third kappa shape index (κ3) is 3.15. The summed E-state index contributed by atoms with van der Waals surface area (Å²) in [6.07, 6.45) is 1.44. The van der Waals surface area contributed by atoms with Crippen LogP contribution in [0.1, 0.15) is 48.2 Å². The monoisotopic (exact) mass is 541 g/mol. The van der Waals surface area contributed by atoms with Crippen molar-refractivity contribution in [2.24, 2.45) is 0 Å². The van der Waals surface area contributed by atoms with Crippen LogP contribution in [0.3, 0.4) is 0 Å². The Kier molecular flexibility index (Phi) is 5.37. The minimum Gasteiger partial charge on any atom is -0.457 e. The Morgan fingerprint density at radius 2 is 1.87 bits per heavy atom. The molecular formula is C29H23N3O6S. The Bertz CT molecular complexity index is 1840. The number of esters is 1. The number of aryl methyl sites for hydroxylation is 3. The minimum atomic E-state index is -1.86. The van der Waals surface area contributed by atoms with E-state index in [0.717, 1.165) is 22.5 Å². The number of benzene rings is 2. The van der Waals surface area contributed by atoms with E-state index in [9.17, 15) is 19.2 Å². The van der Waals surface area contributed by atoms with Crippen LogP contribution in [0.5, 0.6) is 0 Å². The fourth-order valence-electron chi connectivity index (χ4n) is 5.39. The molecule has 196 valence electrons. The van der Waals surface area contributed by atoms with Gasteiger partial charge < -0.3 is 14.1 Å². The third-order valence-electron chi connectivity index (χ3n) is 7.36. The van der Waals surface area contributed by atoms with Crippen molar-refractivity contribution < 1.29 is 23.5 Å². The molecule has 0 bridgehead atoms. The fraction of sp³-hybridized carbons (Fsp3) is 0.207. The molecule has 6 rings (SSSR count). The van der Waals surface area contributed by atoms with Gasteiger partial charge in [0.1, 0.15) is 17.1 Å². The van der Waals surface area contributed by atoms with E-state index in [-0.39, 0.29) is 38.9 Å². The summed E-state index contributed by atoms with van der Waals surface area (Å²) in [5.74, 6) is -2.05. The number of fused-ring (bicyclic) bond motifs is 5. The summed E-state index contributed by atoms with van der Waals surface area (Å²) in [5.41, 5.74) is 0.944. The van der Waals surface area contributed by atoms with Crippen molar-refractivity contribution in [2.75, 3.05) is 23.5 Å². The molecular weight excluding hydrogens is 518 g/mol. The van der Waals surface area contributed by atoms with E-state index in [1.807, 2.05) is 13.8 Å². The van der Waals surface area contributed by atoms with Crippen molar-refractivity contribution >= 4 is 50.9 Å². The van der Waals surface area contributed by atoms with Gasteiger partial charge in [0, 0.05) is 18.3 Å². The predicted molar refractivity (Wildman–Crippen MR) is 147 cm³/mol. The molecule has 1 unspecified atom stereocenters. The lowest BCUT2D eigenvalue weighted by Crippen LogP contribution is -2.53. The lowest BCUT2D eigenvalue weighted by Gasteiger charge is -2.31. The zero-order valence-corrected chi connectivity index (χ0v) is 22.5. The highest BCUT2D eigenvalue weighted by Gasteiger charge is 2.66. The van der Waals surface area contributed by atoms with Crippen LogP contribution in [0.4, 0.5) is 10.8 Å². The first-order chi connectivity index (χ1) is 18.6. The lowest BCUT2D eigenvalue weighted by atomic mass is 9.84. The number of hydrogen-bond donors (Lipinski definition) is 0. The van der Waals surface area contributed by atoms with Crippen LogP contribution in [-0.2, 0) is 15.1 Å². The zero-order chi connectivity index (χ0) is 27.8. The van der Waals surface area contributed by atoms with Gasteiger partial charge in [-0.2, -0.15) is 0 Å². The number of amides is 2. The highest BCUT2D eigenvalue weighted by molar-refractivity contribution is 7.17. The van der Waals surface area contributed by atoms with Gasteiger partial charge in [-0.25, -0.2) is 9.78 Å². The molecule has 0 aliphatic carbocycles. The number of rotatable bonds is 4. The van der Waals surface area contributed by atoms with E-state index in [1.54, 1.807) is 50.4 Å². The quantitative estimate of drug-likeness (QED) is 0.278. The van der Waals surface area contributed by atoms with Crippen LogP contribution < -0.4 is 15.2 Å². The smallest absolute Gasteiger partial charge is 0.350 e. The van der Waals surface area contributed by atoms with Gasteiger partial charge in [0.2, 0.25) is 5.76 Å². The van der Waals surface area contributed by atoms with Crippen LogP contribution in [-0.4, -0.2) is 36.4 Å². The summed E-state index contributed by atoms with van der Waals surface area (Å²) in [6.45, 7) is 8.93. The van der Waals surface area contributed by atoms with Crippen molar-refractivity contribution in [1.29, 1.82) is 0 Å². The zero-order valence-electron chi connectivity index (χ0n) is 21.7. The highest BCUT2D eigenvalue weighted by Crippen LogP contribution is 2.54. The fourth-order valence-corrected chi connectivity index (χ4v) is 6.40. The van der Waals surface area contributed by atoms with Crippen molar-refractivity contribution in [3.8, 4) is 0 Å². The molecule has 0 radical (unpaired) electrons.